The van der Waals surface area contributed by atoms with Gasteiger partial charge in [-0.3, -0.25) is 4.90 Å². The van der Waals surface area contributed by atoms with Gasteiger partial charge in [-0.05, 0) is 71.0 Å². The number of urea groups is 1. The highest BCUT2D eigenvalue weighted by Crippen LogP contribution is 2.30. The molecular weight excluding hydrogens is 484 g/mol. The first-order valence-electron chi connectivity index (χ1n) is 13.4. The van der Waals surface area contributed by atoms with Gasteiger partial charge in [-0.1, -0.05) is 0 Å². The van der Waals surface area contributed by atoms with Crippen molar-refractivity contribution in [2.45, 2.75) is 46.7 Å². The number of nitrogens with zero attached hydrogens (tertiary/aromatic N) is 3. The summed E-state index contributed by atoms with van der Waals surface area (Å²) in [7, 11) is 1.61. The Hall–Kier alpha value is -3.46. The minimum absolute atomic E-state index is 0.149. The minimum atomic E-state index is -0.319. The number of ether oxygens (including phenoxy) is 3. The lowest BCUT2D eigenvalue weighted by Gasteiger charge is -2.36. The molecule has 0 aliphatic carbocycles. The molecule has 208 valence electrons. The van der Waals surface area contributed by atoms with Crippen molar-refractivity contribution in [3.8, 4) is 11.5 Å². The van der Waals surface area contributed by atoms with E-state index in [2.05, 4.69) is 42.8 Å². The average molecular weight is 527 g/mol. The summed E-state index contributed by atoms with van der Waals surface area (Å²) >= 11 is 0. The topological polar surface area (TPSA) is 83.6 Å². The lowest BCUT2D eigenvalue weighted by atomic mass is 10.2. The predicted molar refractivity (Wildman–Crippen MR) is 151 cm³/mol. The maximum atomic E-state index is 13.0. The zero-order valence-electron chi connectivity index (χ0n) is 23.5. The molecule has 9 nitrogen and oxygen atoms in total. The van der Waals surface area contributed by atoms with Gasteiger partial charge >= 0.3 is 12.0 Å². The number of carbonyl (C=O) groups excluding carboxylic acids is 2. The van der Waals surface area contributed by atoms with Gasteiger partial charge in [0, 0.05) is 62.2 Å². The molecule has 1 fully saturated rings. The molecule has 1 aliphatic heterocycles. The fourth-order valence-corrected chi connectivity index (χ4v) is 4.63. The third-order valence-electron chi connectivity index (χ3n) is 6.66. The van der Waals surface area contributed by atoms with Gasteiger partial charge in [0.15, 0.2) is 11.5 Å². The standard InChI is InChI=1S/C29H42N4O5/c1-7-37-28(34)23-8-11-25(12-9-23)31-14-16-32(17-15-31)29(35)30-24-10-13-26(36-6)27(20-24)38-19-18-33(21(2)3)22(4)5/h8-13,20-22H,7,14-19H2,1-6H3,(H,30,35). The van der Waals surface area contributed by atoms with E-state index in [0.717, 1.165) is 12.2 Å². The van der Waals surface area contributed by atoms with Crippen LogP contribution in [0.1, 0.15) is 45.0 Å². The number of amides is 2. The Morgan fingerprint density at radius 2 is 1.61 bits per heavy atom. The van der Waals surface area contributed by atoms with Crippen LogP contribution in [0.2, 0.25) is 0 Å². The van der Waals surface area contributed by atoms with Crippen molar-refractivity contribution in [1.82, 2.24) is 9.80 Å². The lowest BCUT2D eigenvalue weighted by molar-refractivity contribution is 0.0526. The van der Waals surface area contributed by atoms with Crippen LogP contribution < -0.4 is 19.7 Å². The number of carbonyl (C=O) groups is 2. The molecule has 0 aromatic heterocycles. The average Bonchev–Trinajstić information content (AvgIpc) is 2.91. The summed E-state index contributed by atoms with van der Waals surface area (Å²) in [4.78, 5) is 31.2. The van der Waals surface area contributed by atoms with Gasteiger partial charge in [0.05, 0.1) is 19.3 Å². The van der Waals surface area contributed by atoms with Gasteiger partial charge in [-0.2, -0.15) is 0 Å². The van der Waals surface area contributed by atoms with Crippen LogP contribution in [-0.4, -0.2) is 86.9 Å². The second kappa shape index (κ2) is 13.9. The molecule has 0 saturated carbocycles. The maximum absolute atomic E-state index is 13.0. The number of nitrogens with one attached hydrogen (secondary N) is 1. The van der Waals surface area contributed by atoms with E-state index in [1.54, 1.807) is 31.1 Å². The molecule has 2 amide bonds. The Morgan fingerprint density at radius 3 is 2.18 bits per heavy atom. The molecule has 0 spiro atoms. The van der Waals surface area contributed by atoms with E-state index >= 15 is 0 Å². The van der Waals surface area contributed by atoms with Gasteiger partial charge in [-0.15, -0.1) is 0 Å². The monoisotopic (exact) mass is 526 g/mol. The summed E-state index contributed by atoms with van der Waals surface area (Å²) < 4.78 is 16.6. The molecule has 0 radical (unpaired) electrons. The second-order valence-corrected chi connectivity index (χ2v) is 9.81. The van der Waals surface area contributed by atoms with E-state index in [1.807, 2.05) is 30.3 Å². The van der Waals surface area contributed by atoms with Crippen molar-refractivity contribution in [3.63, 3.8) is 0 Å². The quantitative estimate of drug-likeness (QED) is 0.424. The fraction of sp³-hybridized carbons (Fsp3) is 0.517. The summed E-state index contributed by atoms with van der Waals surface area (Å²) in [6, 6.07) is 13.5. The first kappa shape index (κ1) is 29.1. The van der Waals surface area contributed by atoms with E-state index in [9.17, 15) is 9.59 Å². The highest BCUT2D eigenvalue weighted by molar-refractivity contribution is 5.90. The molecule has 1 saturated heterocycles. The number of hydrogen-bond donors (Lipinski definition) is 1. The Balaban J connectivity index is 1.54. The molecule has 2 aromatic rings. The zero-order chi connectivity index (χ0) is 27.7. The van der Waals surface area contributed by atoms with Gasteiger partial charge < -0.3 is 29.3 Å². The molecule has 1 heterocycles. The van der Waals surface area contributed by atoms with E-state index < -0.39 is 0 Å². The van der Waals surface area contributed by atoms with Gasteiger partial charge in [0.2, 0.25) is 0 Å². The SMILES string of the molecule is CCOC(=O)c1ccc(N2CCN(C(=O)Nc3ccc(OC)c(OCCN(C(C)C)C(C)C)c3)CC2)cc1. The molecule has 2 aromatic carbocycles. The van der Waals surface area contributed by atoms with Crippen LogP contribution in [-0.2, 0) is 4.74 Å². The molecule has 1 aliphatic rings. The summed E-state index contributed by atoms with van der Waals surface area (Å²) in [6.07, 6.45) is 0. The van der Waals surface area contributed by atoms with Crippen molar-refractivity contribution in [2.75, 3.05) is 63.3 Å². The molecule has 9 heteroatoms. The van der Waals surface area contributed by atoms with Crippen molar-refractivity contribution in [3.05, 3.63) is 48.0 Å². The second-order valence-electron chi connectivity index (χ2n) is 9.81. The van der Waals surface area contributed by atoms with Crippen molar-refractivity contribution in [1.29, 1.82) is 0 Å². The fourth-order valence-electron chi connectivity index (χ4n) is 4.63. The molecule has 0 unspecified atom stereocenters. The molecule has 1 N–H and O–H groups in total. The zero-order valence-corrected chi connectivity index (χ0v) is 23.5. The number of benzene rings is 2. The van der Waals surface area contributed by atoms with Gasteiger partial charge in [0.25, 0.3) is 0 Å². The molecule has 38 heavy (non-hydrogen) atoms. The van der Waals surface area contributed by atoms with Crippen LogP contribution in [0.3, 0.4) is 0 Å². The van der Waals surface area contributed by atoms with E-state index in [-0.39, 0.29) is 12.0 Å². The predicted octanol–water partition coefficient (Wildman–Crippen LogP) is 4.72. The van der Waals surface area contributed by atoms with Crippen LogP contribution in [0.15, 0.2) is 42.5 Å². The Bertz CT molecular complexity index is 1040. The van der Waals surface area contributed by atoms with E-state index in [0.29, 0.717) is 74.2 Å². The van der Waals surface area contributed by atoms with E-state index in [1.165, 1.54) is 0 Å². The Kier molecular flexibility index (Phi) is 10.6. The highest BCUT2D eigenvalue weighted by Gasteiger charge is 2.22. The van der Waals surface area contributed by atoms with Crippen LogP contribution in [0, 0.1) is 0 Å². The summed E-state index contributed by atoms with van der Waals surface area (Å²) in [5.41, 5.74) is 2.21. The first-order chi connectivity index (χ1) is 18.2. The Morgan fingerprint density at radius 1 is 0.947 bits per heavy atom. The molecule has 0 atom stereocenters. The third kappa shape index (κ3) is 7.77. The lowest BCUT2D eigenvalue weighted by Crippen LogP contribution is -2.50. The molecule has 3 rings (SSSR count). The normalized spacial score (nSPS) is 13.7. The van der Waals surface area contributed by atoms with Gasteiger partial charge in [-0.25, -0.2) is 9.59 Å². The molecule has 0 bridgehead atoms. The number of rotatable bonds is 11. The van der Waals surface area contributed by atoms with Crippen molar-refractivity contribution >= 4 is 23.4 Å². The summed E-state index contributed by atoms with van der Waals surface area (Å²) in [5, 5.41) is 3.00. The number of methoxy groups -OCH3 is 1. The van der Waals surface area contributed by atoms with Crippen molar-refractivity contribution in [2.24, 2.45) is 0 Å². The first-order valence-corrected chi connectivity index (χ1v) is 13.4. The third-order valence-corrected chi connectivity index (χ3v) is 6.66. The van der Waals surface area contributed by atoms with Gasteiger partial charge in [0.1, 0.15) is 6.61 Å². The minimum Gasteiger partial charge on any atom is -0.493 e. The summed E-state index contributed by atoms with van der Waals surface area (Å²) in [5.74, 6) is 0.917. The number of esters is 1. The van der Waals surface area contributed by atoms with Crippen molar-refractivity contribution < 1.29 is 23.8 Å². The number of anilines is 2. The summed E-state index contributed by atoms with van der Waals surface area (Å²) in [6.45, 7) is 14.8. The maximum Gasteiger partial charge on any atom is 0.338 e. The van der Waals surface area contributed by atoms with Crippen LogP contribution in [0.5, 0.6) is 11.5 Å². The molecular formula is C29H42N4O5. The number of hydrogen-bond acceptors (Lipinski definition) is 7. The van der Waals surface area contributed by atoms with Crippen LogP contribution in [0.25, 0.3) is 0 Å². The smallest absolute Gasteiger partial charge is 0.338 e. The number of piperazine rings is 1. The Labute approximate surface area is 226 Å². The van der Waals surface area contributed by atoms with Crippen LogP contribution in [0.4, 0.5) is 16.2 Å². The largest absolute Gasteiger partial charge is 0.493 e. The van der Waals surface area contributed by atoms with Crippen LogP contribution >= 0.6 is 0 Å². The highest BCUT2D eigenvalue weighted by atomic mass is 16.5. The van der Waals surface area contributed by atoms with E-state index in [4.69, 9.17) is 14.2 Å².